The Labute approximate surface area is 261 Å². The standard InChI is InChI=1S/C30H27Cl2FN8O3/c1-38(26-15-21(31)7-10-25(26)41-17-28(32)35-37-41)18-29(43)40(11-12-42)27(14-19-5-3-4-6-23(19)33)30(44)34-22-8-9-24-20(13-22)16-39(2)36-24/h3-10,12-13,15-17,27H,11,14,18H2,1-2H3,(H,34,44). The van der Waals surface area contributed by atoms with Gasteiger partial charge in [-0.3, -0.25) is 14.3 Å². The van der Waals surface area contributed by atoms with Crippen LogP contribution in [0.4, 0.5) is 15.8 Å². The monoisotopic (exact) mass is 636 g/mol. The van der Waals surface area contributed by atoms with E-state index in [4.69, 9.17) is 23.2 Å². The summed E-state index contributed by atoms with van der Waals surface area (Å²) in [5, 5.41) is 16.3. The normalized spacial score (nSPS) is 11.8. The minimum absolute atomic E-state index is 0.170. The summed E-state index contributed by atoms with van der Waals surface area (Å²) in [6.07, 6.45) is 3.66. The summed E-state index contributed by atoms with van der Waals surface area (Å²) in [5.41, 5.74) is 2.46. The number of nitrogens with one attached hydrogen (secondary N) is 1. The number of aryl methyl sites for hydroxylation is 1. The Morgan fingerprint density at radius 1 is 1.09 bits per heavy atom. The first-order valence-electron chi connectivity index (χ1n) is 13.4. The van der Waals surface area contributed by atoms with Crippen LogP contribution in [0.3, 0.4) is 0 Å². The van der Waals surface area contributed by atoms with Crippen LogP contribution < -0.4 is 10.2 Å². The maximum atomic E-state index is 14.8. The lowest BCUT2D eigenvalue weighted by Gasteiger charge is -2.32. The number of carbonyl (C=O) groups excluding carboxylic acids is 3. The molecule has 2 heterocycles. The molecule has 2 amide bonds. The van der Waals surface area contributed by atoms with Gasteiger partial charge in [-0.1, -0.05) is 46.6 Å². The van der Waals surface area contributed by atoms with Crippen molar-refractivity contribution in [1.29, 1.82) is 0 Å². The van der Waals surface area contributed by atoms with E-state index < -0.39 is 30.2 Å². The molecule has 44 heavy (non-hydrogen) atoms. The predicted molar refractivity (Wildman–Crippen MR) is 166 cm³/mol. The molecular weight excluding hydrogens is 610 g/mol. The number of halogens is 3. The molecule has 11 nitrogen and oxygen atoms in total. The fraction of sp³-hybridized carbons (Fsp3) is 0.200. The number of hydrogen-bond acceptors (Lipinski definition) is 7. The Balaban J connectivity index is 1.45. The number of benzene rings is 3. The third kappa shape index (κ3) is 6.87. The summed E-state index contributed by atoms with van der Waals surface area (Å²) in [5.74, 6) is -1.68. The number of carbonyl (C=O) groups is 3. The molecule has 14 heteroatoms. The molecule has 0 spiro atoms. The fourth-order valence-electron chi connectivity index (χ4n) is 4.89. The van der Waals surface area contributed by atoms with Crippen molar-refractivity contribution in [3.8, 4) is 5.69 Å². The van der Waals surface area contributed by atoms with Gasteiger partial charge in [-0.2, -0.15) is 5.10 Å². The van der Waals surface area contributed by atoms with Gasteiger partial charge in [0.2, 0.25) is 11.8 Å². The SMILES string of the molecule is CN(CC(=O)N(CC=O)C(Cc1ccccc1F)C(=O)Nc1ccc2nn(C)cc2c1)c1cc(Cl)ccc1-n1cc(Cl)nn1. The van der Waals surface area contributed by atoms with Crippen LogP contribution in [-0.4, -0.2) is 74.0 Å². The summed E-state index contributed by atoms with van der Waals surface area (Å²) in [6, 6.07) is 14.9. The Morgan fingerprint density at radius 2 is 1.89 bits per heavy atom. The first-order valence-corrected chi connectivity index (χ1v) is 14.2. The van der Waals surface area contributed by atoms with E-state index in [1.165, 1.54) is 29.1 Å². The van der Waals surface area contributed by atoms with Crippen molar-refractivity contribution in [2.75, 3.05) is 30.4 Å². The van der Waals surface area contributed by atoms with Crippen molar-refractivity contribution in [1.82, 2.24) is 29.7 Å². The third-order valence-corrected chi connectivity index (χ3v) is 7.37. The average molecular weight is 638 g/mol. The van der Waals surface area contributed by atoms with Gasteiger partial charge in [0, 0.05) is 42.8 Å². The molecule has 0 aliphatic rings. The van der Waals surface area contributed by atoms with Crippen LogP contribution in [0.15, 0.2) is 73.1 Å². The largest absolute Gasteiger partial charge is 0.363 e. The van der Waals surface area contributed by atoms with Crippen molar-refractivity contribution in [3.63, 3.8) is 0 Å². The molecule has 2 aromatic heterocycles. The number of rotatable bonds is 11. The van der Waals surface area contributed by atoms with Crippen LogP contribution >= 0.6 is 23.2 Å². The van der Waals surface area contributed by atoms with Gasteiger partial charge in [0.25, 0.3) is 0 Å². The highest BCUT2D eigenvalue weighted by atomic mass is 35.5. The van der Waals surface area contributed by atoms with Gasteiger partial charge in [0.1, 0.15) is 18.1 Å². The third-order valence-electron chi connectivity index (χ3n) is 6.96. The number of nitrogens with zero attached hydrogens (tertiary/aromatic N) is 7. The van der Waals surface area contributed by atoms with E-state index in [2.05, 4.69) is 20.7 Å². The van der Waals surface area contributed by atoms with Gasteiger partial charge >= 0.3 is 0 Å². The maximum absolute atomic E-state index is 14.8. The van der Waals surface area contributed by atoms with Crippen LogP contribution in [-0.2, 0) is 27.9 Å². The van der Waals surface area contributed by atoms with Gasteiger partial charge in [-0.15, -0.1) is 5.10 Å². The molecule has 0 aliphatic heterocycles. The number of anilines is 2. The highest BCUT2D eigenvalue weighted by Gasteiger charge is 2.32. The van der Waals surface area contributed by atoms with Crippen molar-refractivity contribution >= 4 is 63.6 Å². The van der Waals surface area contributed by atoms with Crippen molar-refractivity contribution in [2.24, 2.45) is 7.05 Å². The van der Waals surface area contributed by atoms with E-state index in [9.17, 15) is 18.8 Å². The van der Waals surface area contributed by atoms with E-state index in [0.29, 0.717) is 28.4 Å². The Kier molecular flexibility index (Phi) is 9.21. The molecule has 0 aliphatic carbocycles. The molecule has 0 saturated carbocycles. The minimum Gasteiger partial charge on any atom is -0.363 e. The first-order chi connectivity index (χ1) is 21.1. The molecule has 1 N–H and O–H groups in total. The van der Waals surface area contributed by atoms with E-state index in [1.54, 1.807) is 72.3 Å². The van der Waals surface area contributed by atoms with Crippen LogP contribution in [0.2, 0.25) is 10.2 Å². The van der Waals surface area contributed by atoms with Crippen molar-refractivity contribution in [3.05, 3.63) is 94.6 Å². The zero-order valence-electron chi connectivity index (χ0n) is 23.7. The zero-order chi connectivity index (χ0) is 31.4. The summed E-state index contributed by atoms with van der Waals surface area (Å²) in [7, 11) is 3.44. The topological polar surface area (TPSA) is 118 Å². The lowest BCUT2D eigenvalue weighted by Crippen LogP contribution is -2.52. The van der Waals surface area contributed by atoms with Crippen LogP contribution in [0.5, 0.6) is 0 Å². The van der Waals surface area contributed by atoms with Gasteiger partial charge in [-0.25, -0.2) is 9.07 Å². The molecule has 3 aromatic carbocycles. The van der Waals surface area contributed by atoms with Gasteiger partial charge in [0.15, 0.2) is 5.15 Å². The number of aldehydes is 1. The van der Waals surface area contributed by atoms with Gasteiger partial charge in [0.05, 0.1) is 36.2 Å². The Morgan fingerprint density at radius 3 is 2.61 bits per heavy atom. The molecule has 5 rings (SSSR count). The lowest BCUT2D eigenvalue weighted by molar-refractivity contribution is -0.138. The fourth-order valence-corrected chi connectivity index (χ4v) is 5.18. The van der Waals surface area contributed by atoms with Crippen molar-refractivity contribution < 1.29 is 18.8 Å². The van der Waals surface area contributed by atoms with Crippen molar-refractivity contribution in [2.45, 2.75) is 12.5 Å². The molecular formula is C30H27Cl2FN8O3. The molecule has 1 atom stereocenters. The zero-order valence-corrected chi connectivity index (χ0v) is 25.2. The van der Waals surface area contributed by atoms with E-state index in [-0.39, 0.29) is 23.7 Å². The molecule has 0 saturated heterocycles. The molecule has 5 aromatic rings. The summed E-state index contributed by atoms with van der Waals surface area (Å²) in [4.78, 5) is 42.3. The number of likely N-dealkylation sites (N-methyl/N-ethyl adjacent to an activating group) is 1. The van der Waals surface area contributed by atoms with E-state index in [1.807, 2.05) is 0 Å². The number of hydrogen-bond donors (Lipinski definition) is 1. The second-order valence-corrected chi connectivity index (χ2v) is 10.9. The predicted octanol–water partition coefficient (Wildman–Crippen LogP) is 4.31. The summed E-state index contributed by atoms with van der Waals surface area (Å²) in [6.45, 7) is -0.658. The Bertz CT molecular complexity index is 1840. The number of amides is 2. The number of fused-ring (bicyclic) bond motifs is 1. The second-order valence-electron chi connectivity index (χ2n) is 10.1. The van der Waals surface area contributed by atoms with Crippen LogP contribution in [0, 0.1) is 5.82 Å². The van der Waals surface area contributed by atoms with Crippen LogP contribution in [0.1, 0.15) is 5.56 Å². The first kappa shape index (κ1) is 30.6. The van der Waals surface area contributed by atoms with E-state index >= 15 is 0 Å². The summed E-state index contributed by atoms with van der Waals surface area (Å²) >= 11 is 12.2. The number of aromatic nitrogens is 5. The average Bonchev–Trinajstić information content (AvgIpc) is 3.59. The maximum Gasteiger partial charge on any atom is 0.247 e. The van der Waals surface area contributed by atoms with Gasteiger partial charge < -0.3 is 19.9 Å². The summed E-state index contributed by atoms with van der Waals surface area (Å²) < 4.78 is 17.9. The molecule has 0 radical (unpaired) electrons. The quantitative estimate of drug-likeness (QED) is 0.215. The minimum atomic E-state index is -1.23. The lowest BCUT2D eigenvalue weighted by atomic mass is 10.0. The highest BCUT2D eigenvalue weighted by molar-refractivity contribution is 6.31. The molecule has 1 unspecified atom stereocenters. The second kappa shape index (κ2) is 13.2. The van der Waals surface area contributed by atoms with E-state index in [0.717, 1.165) is 15.8 Å². The van der Waals surface area contributed by atoms with Crippen LogP contribution in [0.25, 0.3) is 16.6 Å². The Hall–Kier alpha value is -4.81. The smallest absolute Gasteiger partial charge is 0.247 e. The highest BCUT2D eigenvalue weighted by Crippen LogP contribution is 2.28. The molecule has 0 fully saturated rings. The molecule has 226 valence electrons. The van der Waals surface area contributed by atoms with Gasteiger partial charge in [-0.05, 0) is 48.0 Å². The molecule has 0 bridgehead atoms.